The summed E-state index contributed by atoms with van der Waals surface area (Å²) in [6.07, 6.45) is 10.3. The molecule has 2 heterocycles. The highest BCUT2D eigenvalue weighted by Crippen LogP contribution is 2.35. The fourth-order valence-electron chi connectivity index (χ4n) is 3.58. The summed E-state index contributed by atoms with van der Waals surface area (Å²) in [5, 5.41) is 23.8. The minimum Gasteiger partial charge on any atom is -0.383 e. The average molecular weight is 436 g/mol. The number of aliphatic hydroxyl groups is 1. The van der Waals surface area contributed by atoms with Gasteiger partial charge in [-0.25, -0.2) is 18.4 Å². The molecule has 2 atom stereocenters. The van der Waals surface area contributed by atoms with Crippen LogP contribution in [0, 0.1) is 17.6 Å². The van der Waals surface area contributed by atoms with Crippen molar-refractivity contribution >= 4 is 6.08 Å². The van der Waals surface area contributed by atoms with Crippen LogP contribution in [0.15, 0.2) is 73.6 Å². The zero-order valence-electron chi connectivity index (χ0n) is 17.4. The highest BCUT2D eigenvalue weighted by atomic mass is 19.1. The van der Waals surface area contributed by atoms with E-state index in [4.69, 9.17) is 0 Å². The van der Waals surface area contributed by atoms with Crippen molar-refractivity contribution in [1.29, 1.82) is 0 Å². The van der Waals surface area contributed by atoms with Gasteiger partial charge in [-0.2, -0.15) is 20.1 Å². The summed E-state index contributed by atoms with van der Waals surface area (Å²) in [5.41, 5.74) is 0.201. The Morgan fingerprint density at radius 1 is 1.06 bits per heavy atom. The lowest BCUT2D eigenvalue weighted by Gasteiger charge is -2.34. The normalized spacial score (nSPS) is 14.5. The first-order chi connectivity index (χ1) is 15.5. The molecule has 0 saturated carbocycles. The van der Waals surface area contributed by atoms with Crippen LogP contribution in [-0.4, -0.2) is 34.9 Å². The van der Waals surface area contributed by atoms with Crippen LogP contribution in [0.3, 0.4) is 0 Å². The van der Waals surface area contributed by atoms with Gasteiger partial charge < -0.3 is 5.11 Å². The van der Waals surface area contributed by atoms with Crippen molar-refractivity contribution in [2.45, 2.75) is 25.5 Å². The van der Waals surface area contributed by atoms with Crippen molar-refractivity contribution in [2.75, 3.05) is 0 Å². The van der Waals surface area contributed by atoms with Gasteiger partial charge in [-0.05, 0) is 36.1 Å². The SMILES string of the molecule is C[C@@H](C/C=C/c1ccc(-n2nccn2)cc1)[C@](O)(Cn1cncn1)c1ccc(F)cc1F. The van der Waals surface area contributed by atoms with E-state index in [-0.39, 0.29) is 12.1 Å². The van der Waals surface area contributed by atoms with E-state index in [0.29, 0.717) is 6.42 Å². The monoisotopic (exact) mass is 436 g/mol. The third-order valence-electron chi connectivity index (χ3n) is 5.43. The van der Waals surface area contributed by atoms with E-state index in [1.165, 1.54) is 28.2 Å². The van der Waals surface area contributed by atoms with Crippen molar-refractivity contribution in [3.05, 3.63) is 96.4 Å². The minimum absolute atomic E-state index is 0.0177. The van der Waals surface area contributed by atoms with Gasteiger partial charge in [0.15, 0.2) is 0 Å². The van der Waals surface area contributed by atoms with E-state index >= 15 is 0 Å². The van der Waals surface area contributed by atoms with Gasteiger partial charge in [0.1, 0.15) is 29.9 Å². The zero-order valence-corrected chi connectivity index (χ0v) is 17.4. The maximum absolute atomic E-state index is 14.6. The Balaban J connectivity index is 1.52. The molecule has 0 bridgehead atoms. The quantitative estimate of drug-likeness (QED) is 0.455. The van der Waals surface area contributed by atoms with Crippen LogP contribution in [0.25, 0.3) is 11.8 Å². The van der Waals surface area contributed by atoms with E-state index in [2.05, 4.69) is 20.3 Å². The number of rotatable bonds is 8. The Morgan fingerprint density at radius 3 is 2.47 bits per heavy atom. The second-order valence-corrected chi connectivity index (χ2v) is 7.59. The Kier molecular flexibility index (Phi) is 6.18. The molecule has 32 heavy (non-hydrogen) atoms. The molecule has 4 rings (SSSR count). The number of hydrogen-bond acceptors (Lipinski definition) is 5. The van der Waals surface area contributed by atoms with E-state index in [1.54, 1.807) is 12.4 Å². The number of benzene rings is 2. The van der Waals surface area contributed by atoms with Gasteiger partial charge in [0.25, 0.3) is 0 Å². The van der Waals surface area contributed by atoms with Gasteiger partial charge in [0.2, 0.25) is 0 Å². The summed E-state index contributed by atoms with van der Waals surface area (Å²) >= 11 is 0. The number of hydrogen-bond donors (Lipinski definition) is 1. The summed E-state index contributed by atoms with van der Waals surface area (Å²) in [6.45, 7) is 1.80. The highest BCUT2D eigenvalue weighted by molar-refractivity contribution is 5.51. The maximum atomic E-state index is 14.6. The molecule has 4 aromatic rings. The number of aromatic nitrogens is 6. The van der Waals surface area contributed by atoms with E-state index in [0.717, 1.165) is 23.4 Å². The van der Waals surface area contributed by atoms with E-state index < -0.39 is 23.2 Å². The van der Waals surface area contributed by atoms with Gasteiger partial charge in [-0.15, -0.1) is 0 Å². The zero-order chi connectivity index (χ0) is 22.6. The molecule has 0 radical (unpaired) electrons. The van der Waals surface area contributed by atoms with Crippen LogP contribution in [0.1, 0.15) is 24.5 Å². The minimum atomic E-state index is -1.62. The maximum Gasteiger partial charge on any atom is 0.137 e. The Morgan fingerprint density at radius 2 is 1.81 bits per heavy atom. The molecule has 0 aliphatic carbocycles. The largest absolute Gasteiger partial charge is 0.383 e. The molecular weight excluding hydrogens is 414 g/mol. The number of nitrogens with zero attached hydrogens (tertiary/aromatic N) is 6. The molecule has 164 valence electrons. The van der Waals surface area contributed by atoms with Crippen molar-refractivity contribution in [2.24, 2.45) is 5.92 Å². The summed E-state index contributed by atoms with van der Waals surface area (Å²) in [5.74, 6) is -1.91. The molecule has 2 aromatic carbocycles. The molecule has 0 saturated heterocycles. The van der Waals surface area contributed by atoms with E-state index in [9.17, 15) is 13.9 Å². The molecule has 2 aromatic heterocycles. The predicted octanol–water partition coefficient (Wildman–Crippen LogP) is 3.76. The lowest BCUT2D eigenvalue weighted by atomic mass is 9.80. The lowest BCUT2D eigenvalue weighted by molar-refractivity contribution is -0.0379. The molecule has 9 heteroatoms. The summed E-state index contributed by atoms with van der Waals surface area (Å²) in [6, 6.07) is 10.9. The van der Waals surface area contributed by atoms with Crippen LogP contribution in [0.5, 0.6) is 0 Å². The van der Waals surface area contributed by atoms with Crippen molar-refractivity contribution in [3.63, 3.8) is 0 Å². The standard InChI is InChI=1S/C23H22F2N6O/c1-17(3-2-4-18-5-8-20(9-6-18)31-27-11-12-28-31)23(32,14-30-16-26-15-29-30)21-10-7-19(24)13-22(21)25/h2,4-13,15-17,32H,3,14H2,1H3/b4-2+/t17-,23+/m0/s1. The highest BCUT2D eigenvalue weighted by Gasteiger charge is 2.38. The second-order valence-electron chi connectivity index (χ2n) is 7.59. The first-order valence-corrected chi connectivity index (χ1v) is 10.1. The molecule has 0 spiro atoms. The van der Waals surface area contributed by atoms with Crippen molar-refractivity contribution < 1.29 is 13.9 Å². The lowest BCUT2D eigenvalue weighted by Crippen LogP contribution is -2.39. The Hall–Kier alpha value is -3.72. The van der Waals surface area contributed by atoms with Crippen molar-refractivity contribution in [3.8, 4) is 5.69 Å². The molecule has 0 fully saturated rings. The molecule has 0 amide bonds. The van der Waals surface area contributed by atoms with Gasteiger partial charge in [-0.3, -0.25) is 0 Å². The van der Waals surface area contributed by atoms with Crippen LogP contribution < -0.4 is 0 Å². The van der Waals surface area contributed by atoms with Crippen LogP contribution in [0.4, 0.5) is 8.78 Å². The molecule has 0 aliphatic rings. The van der Waals surface area contributed by atoms with Gasteiger partial charge in [-0.1, -0.05) is 37.3 Å². The average Bonchev–Trinajstić information content (AvgIpc) is 3.48. The molecule has 7 nitrogen and oxygen atoms in total. The van der Waals surface area contributed by atoms with Gasteiger partial charge in [0, 0.05) is 11.6 Å². The van der Waals surface area contributed by atoms with Gasteiger partial charge >= 0.3 is 0 Å². The third kappa shape index (κ3) is 4.62. The topological polar surface area (TPSA) is 81.6 Å². The van der Waals surface area contributed by atoms with Crippen molar-refractivity contribution in [1.82, 2.24) is 29.8 Å². The van der Waals surface area contributed by atoms with E-state index in [1.807, 2.05) is 43.3 Å². The number of allylic oxidation sites excluding steroid dienone is 1. The summed E-state index contributed by atoms with van der Waals surface area (Å²) < 4.78 is 29.5. The second kappa shape index (κ2) is 9.19. The molecule has 0 unspecified atom stereocenters. The Labute approximate surface area is 183 Å². The summed E-state index contributed by atoms with van der Waals surface area (Å²) in [7, 11) is 0. The first kappa shape index (κ1) is 21.5. The first-order valence-electron chi connectivity index (χ1n) is 10.1. The molecule has 1 N–H and O–H groups in total. The number of halogens is 2. The smallest absolute Gasteiger partial charge is 0.137 e. The molecule has 0 aliphatic heterocycles. The Bertz CT molecular complexity index is 1180. The predicted molar refractivity (Wildman–Crippen MR) is 114 cm³/mol. The summed E-state index contributed by atoms with van der Waals surface area (Å²) in [4.78, 5) is 5.41. The fraction of sp³-hybridized carbons (Fsp3) is 0.217. The van der Waals surface area contributed by atoms with Gasteiger partial charge in [0.05, 0.1) is 24.6 Å². The fourth-order valence-corrected chi connectivity index (χ4v) is 3.58. The third-order valence-corrected chi connectivity index (χ3v) is 5.43. The molecular formula is C23H22F2N6O. The van der Waals surface area contributed by atoms with Crippen LogP contribution in [-0.2, 0) is 12.1 Å². The van der Waals surface area contributed by atoms with Crippen LogP contribution in [0.2, 0.25) is 0 Å². The van der Waals surface area contributed by atoms with Crippen LogP contribution >= 0.6 is 0 Å².